The molecule has 0 fully saturated rings. The van der Waals surface area contributed by atoms with Crippen molar-refractivity contribution in [2.75, 3.05) is 6.54 Å². The molecule has 66 valence electrons. The molecule has 1 aromatic heterocycles. The summed E-state index contributed by atoms with van der Waals surface area (Å²) in [6, 6.07) is 0. The van der Waals surface area contributed by atoms with Crippen molar-refractivity contribution in [3.05, 3.63) is 26.5 Å². The first kappa shape index (κ1) is 9.59. The molecule has 0 aromatic carbocycles. The van der Waals surface area contributed by atoms with Gasteiger partial charge in [0.15, 0.2) is 5.01 Å². The second kappa shape index (κ2) is 5.20. The maximum Gasteiger partial charge on any atom is 0.167 e. The first-order valence-corrected chi connectivity index (χ1v) is 4.57. The molecule has 0 saturated heterocycles. The van der Waals surface area contributed by atoms with Crippen molar-refractivity contribution < 1.29 is 0 Å². The fourth-order valence-corrected chi connectivity index (χ4v) is 1.34. The van der Waals surface area contributed by atoms with Crippen LogP contribution in [-0.4, -0.2) is 11.5 Å². The zero-order valence-electron chi connectivity index (χ0n) is 7.19. The van der Waals surface area contributed by atoms with E-state index in [0.717, 1.165) is 9.88 Å². The number of hydrogen-bond acceptors (Lipinski definition) is 3. The van der Waals surface area contributed by atoms with Crippen molar-refractivity contribution in [1.82, 2.24) is 4.98 Å². The molecule has 13 heavy (non-hydrogen) atoms. The SMILES string of the molecule is Cc1cnc(C#CCCN=[N+]=[N-])s1. The lowest BCUT2D eigenvalue weighted by molar-refractivity contribution is 1.01. The highest BCUT2D eigenvalue weighted by Gasteiger charge is 1.91. The summed E-state index contributed by atoms with van der Waals surface area (Å²) in [5, 5.41) is 4.19. The summed E-state index contributed by atoms with van der Waals surface area (Å²) in [6.45, 7) is 2.41. The highest BCUT2D eigenvalue weighted by Crippen LogP contribution is 2.08. The average molecular weight is 192 g/mol. The Labute approximate surface area is 80.2 Å². The molecule has 0 radical (unpaired) electrons. The van der Waals surface area contributed by atoms with Crippen molar-refractivity contribution in [3.63, 3.8) is 0 Å². The van der Waals surface area contributed by atoms with Gasteiger partial charge in [-0.15, -0.1) is 11.3 Å². The van der Waals surface area contributed by atoms with Crippen molar-refractivity contribution in [2.45, 2.75) is 13.3 Å². The summed E-state index contributed by atoms with van der Waals surface area (Å²) in [4.78, 5) is 7.86. The third-order valence-corrected chi connectivity index (χ3v) is 2.04. The molecule has 0 bridgehead atoms. The van der Waals surface area contributed by atoms with Gasteiger partial charge < -0.3 is 0 Å². The number of hydrogen-bond donors (Lipinski definition) is 0. The minimum atomic E-state index is 0.424. The Morgan fingerprint density at radius 1 is 1.77 bits per heavy atom. The van der Waals surface area contributed by atoms with E-state index in [2.05, 4.69) is 26.9 Å². The van der Waals surface area contributed by atoms with Crippen LogP contribution in [0.3, 0.4) is 0 Å². The van der Waals surface area contributed by atoms with Gasteiger partial charge in [-0.05, 0) is 18.4 Å². The van der Waals surface area contributed by atoms with Crippen LogP contribution in [0.1, 0.15) is 16.3 Å². The molecule has 1 aromatic rings. The Morgan fingerprint density at radius 3 is 3.23 bits per heavy atom. The quantitative estimate of drug-likeness (QED) is 0.233. The summed E-state index contributed by atoms with van der Waals surface area (Å²) in [5.41, 5.74) is 7.99. The van der Waals surface area contributed by atoms with Gasteiger partial charge in [-0.3, -0.25) is 0 Å². The largest absolute Gasteiger partial charge is 0.236 e. The minimum absolute atomic E-state index is 0.424. The second-order valence-corrected chi connectivity index (χ2v) is 3.52. The molecule has 0 spiro atoms. The topological polar surface area (TPSA) is 61.7 Å². The highest BCUT2D eigenvalue weighted by molar-refractivity contribution is 7.12. The molecule has 0 aliphatic rings. The Morgan fingerprint density at radius 2 is 2.62 bits per heavy atom. The molecule has 4 nitrogen and oxygen atoms in total. The molecule has 0 saturated carbocycles. The van der Waals surface area contributed by atoms with Crippen LogP contribution >= 0.6 is 11.3 Å². The third kappa shape index (κ3) is 3.61. The molecule has 0 N–H and O–H groups in total. The van der Waals surface area contributed by atoms with E-state index in [9.17, 15) is 0 Å². The maximum absolute atomic E-state index is 7.99. The predicted molar refractivity (Wildman–Crippen MR) is 52.4 cm³/mol. The first-order valence-electron chi connectivity index (χ1n) is 3.75. The summed E-state index contributed by atoms with van der Waals surface area (Å²) in [6.07, 6.45) is 2.38. The van der Waals surface area contributed by atoms with E-state index in [4.69, 9.17) is 5.53 Å². The molecule has 0 atom stereocenters. The van der Waals surface area contributed by atoms with E-state index in [0.29, 0.717) is 13.0 Å². The number of thiazole rings is 1. The predicted octanol–water partition coefficient (Wildman–Crippen LogP) is 2.50. The number of nitrogens with zero attached hydrogens (tertiary/aromatic N) is 4. The van der Waals surface area contributed by atoms with E-state index in [1.165, 1.54) is 0 Å². The lowest BCUT2D eigenvalue weighted by atomic mass is 10.4. The summed E-state index contributed by atoms with van der Waals surface area (Å²) in [7, 11) is 0. The van der Waals surface area contributed by atoms with Gasteiger partial charge in [0.2, 0.25) is 0 Å². The Balaban J connectivity index is 2.43. The Bertz CT molecular complexity index is 378. The third-order valence-electron chi connectivity index (χ3n) is 1.22. The van der Waals surface area contributed by atoms with Gasteiger partial charge in [0, 0.05) is 29.0 Å². The van der Waals surface area contributed by atoms with E-state index < -0.39 is 0 Å². The second-order valence-electron chi connectivity index (χ2n) is 2.28. The summed E-state index contributed by atoms with van der Waals surface area (Å²) < 4.78 is 0. The molecule has 1 heterocycles. The summed E-state index contributed by atoms with van der Waals surface area (Å²) in [5.74, 6) is 5.78. The molecular weight excluding hydrogens is 184 g/mol. The molecule has 0 aliphatic heterocycles. The summed E-state index contributed by atoms with van der Waals surface area (Å²) >= 11 is 1.56. The molecule has 0 amide bonds. The van der Waals surface area contributed by atoms with Gasteiger partial charge in [-0.1, -0.05) is 11.0 Å². The molecular formula is C8H8N4S. The van der Waals surface area contributed by atoms with Gasteiger partial charge >= 0.3 is 0 Å². The number of aromatic nitrogens is 1. The highest BCUT2D eigenvalue weighted by atomic mass is 32.1. The van der Waals surface area contributed by atoms with Crippen LogP contribution in [0, 0.1) is 18.8 Å². The van der Waals surface area contributed by atoms with Gasteiger partial charge in [0.05, 0.1) is 0 Å². The number of rotatable bonds is 2. The van der Waals surface area contributed by atoms with Crippen LogP contribution in [-0.2, 0) is 0 Å². The fraction of sp³-hybridized carbons (Fsp3) is 0.375. The van der Waals surface area contributed by atoms with E-state index in [1.807, 2.05) is 6.92 Å². The molecule has 0 unspecified atom stereocenters. The van der Waals surface area contributed by atoms with E-state index in [-0.39, 0.29) is 0 Å². The minimum Gasteiger partial charge on any atom is -0.236 e. The van der Waals surface area contributed by atoms with E-state index >= 15 is 0 Å². The maximum atomic E-state index is 7.99. The van der Waals surface area contributed by atoms with Crippen LogP contribution in [0.5, 0.6) is 0 Å². The lowest BCUT2D eigenvalue weighted by Crippen LogP contribution is -1.73. The number of aryl methyl sites for hydroxylation is 1. The fourth-order valence-electron chi connectivity index (χ4n) is 0.701. The van der Waals surface area contributed by atoms with E-state index in [1.54, 1.807) is 17.5 Å². The van der Waals surface area contributed by atoms with Crippen LogP contribution in [0.25, 0.3) is 10.4 Å². The number of azide groups is 1. The Kier molecular flexibility index (Phi) is 3.83. The lowest BCUT2D eigenvalue weighted by Gasteiger charge is -1.78. The zero-order valence-corrected chi connectivity index (χ0v) is 8.01. The van der Waals surface area contributed by atoms with Gasteiger partial charge in [-0.2, -0.15) is 0 Å². The smallest absolute Gasteiger partial charge is 0.167 e. The molecule has 0 aliphatic carbocycles. The van der Waals surface area contributed by atoms with Crippen LogP contribution in [0.2, 0.25) is 0 Å². The van der Waals surface area contributed by atoms with Crippen molar-refractivity contribution in [1.29, 1.82) is 0 Å². The first-order chi connectivity index (χ1) is 6.33. The normalized spacial score (nSPS) is 8.38. The van der Waals surface area contributed by atoms with Crippen molar-refractivity contribution in [3.8, 4) is 11.8 Å². The van der Waals surface area contributed by atoms with Crippen LogP contribution in [0.15, 0.2) is 11.3 Å². The molecule has 5 heteroatoms. The zero-order chi connectivity index (χ0) is 9.52. The molecule has 1 rings (SSSR count). The Hall–Kier alpha value is -1.50. The van der Waals surface area contributed by atoms with Gasteiger partial charge in [0.25, 0.3) is 0 Å². The monoisotopic (exact) mass is 192 g/mol. The van der Waals surface area contributed by atoms with Crippen LogP contribution < -0.4 is 0 Å². The standard InChI is InChI=1S/C8H8N4S/c1-7-6-10-8(13-7)4-2-3-5-11-12-9/h6H,3,5H2,1H3. The average Bonchev–Trinajstić information content (AvgIpc) is 2.51. The van der Waals surface area contributed by atoms with Crippen molar-refractivity contribution in [2.24, 2.45) is 5.11 Å². The van der Waals surface area contributed by atoms with Gasteiger partial charge in [0.1, 0.15) is 0 Å². The van der Waals surface area contributed by atoms with Crippen molar-refractivity contribution >= 4 is 11.3 Å². The van der Waals surface area contributed by atoms with Gasteiger partial charge in [-0.25, -0.2) is 4.98 Å². The van der Waals surface area contributed by atoms with Crippen LogP contribution in [0.4, 0.5) is 0 Å².